The maximum atomic E-state index is 11.4. The van der Waals surface area contributed by atoms with E-state index in [0.29, 0.717) is 18.0 Å². The van der Waals surface area contributed by atoms with Gasteiger partial charge < -0.3 is 10.4 Å². The molecule has 4 heteroatoms. The van der Waals surface area contributed by atoms with E-state index < -0.39 is 0 Å². The van der Waals surface area contributed by atoms with Gasteiger partial charge in [-0.3, -0.25) is 4.79 Å². The quantitative estimate of drug-likeness (QED) is 0.600. The van der Waals surface area contributed by atoms with E-state index in [1.807, 2.05) is 0 Å². The SMILES string of the molecule is O=C(CCCCCl)Nc1cccc(O)c1. The van der Waals surface area contributed by atoms with Crippen molar-refractivity contribution in [1.29, 1.82) is 0 Å². The lowest BCUT2D eigenvalue weighted by atomic mass is 10.2. The number of halogens is 1. The lowest BCUT2D eigenvalue weighted by Gasteiger charge is -2.04. The highest BCUT2D eigenvalue weighted by atomic mass is 35.5. The number of nitrogens with one attached hydrogen (secondary N) is 1. The molecule has 0 spiro atoms. The summed E-state index contributed by atoms with van der Waals surface area (Å²) in [5, 5.41) is 11.9. The zero-order chi connectivity index (χ0) is 11.1. The molecule has 0 unspecified atom stereocenters. The van der Waals surface area contributed by atoms with Crippen LogP contribution >= 0.6 is 11.6 Å². The van der Waals surface area contributed by atoms with E-state index >= 15 is 0 Å². The molecule has 0 aliphatic rings. The summed E-state index contributed by atoms with van der Waals surface area (Å²) in [7, 11) is 0. The second-order valence-electron chi connectivity index (χ2n) is 3.24. The fourth-order valence-electron chi connectivity index (χ4n) is 1.19. The van der Waals surface area contributed by atoms with E-state index in [4.69, 9.17) is 11.6 Å². The number of benzene rings is 1. The molecule has 1 rings (SSSR count). The molecule has 1 aromatic carbocycles. The number of carbonyl (C=O) groups is 1. The van der Waals surface area contributed by atoms with Crippen LogP contribution < -0.4 is 5.32 Å². The number of amides is 1. The van der Waals surface area contributed by atoms with Crippen LogP contribution in [0, 0.1) is 0 Å². The van der Waals surface area contributed by atoms with Crippen LogP contribution in [-0.2, 0) is 4.79 Å². The van der Waals surface area contributed by atoms with E-state index in [1.54, 1.807) is 18.2 Å². The van der Waals surface area contributed by atoms with Crippen LogP contribution in [-0.4, -0.2) is 16.9 Å². The molecule has 0 heterocycles. The third-order valence-electron chi connectivity index (χ3n) is 1.92. The highest BCUT2D eigenvalue weighted by Gasteiger charge is 2.01. The second kappa shape index (κ2) is 6.30. The average molecular weight is 228 g/mol. The molecule has 82 valence electrons. The first-order valence-electron chi connectivity index (χ1n) is 4.87. The van der Waals surface area contributed by atoms with Gasteiger partial charge in [-0.05, 0) is 25.0 Å². The molecule has 0 saturated carbocycles. The summed E-state index contributed by atoms with van der Waals surface area (Å²) in [5.74, 6) is 0.679. The van der Waals surface area contributed by atoms with E-state index in [9.17, 15) is 9.90 Å². The van der Waals surface area contributed by atoms with Crippen molar-refractivity contribution in [3.05, 3.63) is 24.3 Å². The Morgan fingerprint density at radius 1 is 1.40 bits per heavy atom. The molecule has 0 radical (unpaired) electrons. The number of alkyl halides is 1. The van der Waals surface area contributed by atoms with Crippen molar-refractivity contribution in [3.63, 3.8) is 0 Å². The van der Waals surface area contributed by atoms with Gasteiger partial charge in [0.1, 0.15) is 5.75 Å². The van der Waals surface area contributed by atoms with Crippen molar-refractivity contribution in [3.8, 4) is 5.75 Å². The number of hydrogen-bond donors (Lipinski definition) is 2. The molecule has 0 aromatic heterocycles. The predicted octanol–water partition coefficient (Wildman–Crippen LogP) is 2.74. The van der Waals surface area contributed by atoms with Gasteiger partial charge >= 0.3 is 0 Å². The van der Waals surface area contributed by atoms with Gasteiger partial charge in [0.05, 0.1) is 0 Å². The van der Waals surface area contributed by atoms with Crippen LogP contribution in [0.4, 0.5) is 5.69 Å². The zero-order valence-corrected chi connectivity index (χ0v) is 9.13. The summed E-state index contributed by atoms with van der Waals surface area (Å²) >= 11 is 5.50. The summed E-state index contributed by atoms with van der Waals surface area (Å²) in [4.78, 5) is 11.4. The van der Waals surface area contributed by atoms with E-state index in [0.717, 1.165) is 12.8 Å². The Labute approximate surface area is 94.1 Å². The fraction of sp³-hybridized carbons (Fsp3) is 0.364. The first-order chi connectivity index (χ1) is 7.22. The molecule has 15 heavy (non-hydrogen) atoms. The van der Waals surface area contributed by atoms with Gasteiger partial charge in [0, 0.05) is 24.1 Å². The number of anilines is 1. The van der Waals surface area contributed by atoms with Crippen molar-refractivity contribution >= 4 is 23.2 Å². The van der Waals surface area contributed by atoms with Crippen molar-refractivity contribution in [2.45, 2.75) is 19.3 Å². The van der Waals surface area contributed by atoms with Crippen molar-refractivity contribution in [2.75, 3.05) is 11.2 Å². The molecule has 0 saturated heterocycles. The van der Waals surface area contributed by atoms with Crippen LogP contribution in [0.2, 0.25) is 0 Å². The Kier molecular flexibility index (Phi) is 4.98. The smallest absolute Gasteiger partial charge is 0.224 e. The largest absolute Gasteiger partial charge is 0.508 e. The molecule has 1 amide bonds. The van der Waals surface area contributed by atoms with E-state index in [2.05, 4.69) is 5.32 Å². The number of rotatable bonds is 5. The maximum Gasteiger partial charge on any atom is 0.224 e. The normalized spacial score (nSPS) is 9.93. The van der Waals surface area contributed by atoms with E-state index in [-0.39, 0.29) is 11.7 Å². The van der Waals surface area contributed by atoms with Crippen molar-refractivity contribution in [1.82, 2.24) is 0 Å². The highest BCUT2D eigenvalue weighted by Crippen LogP contribution is 2.15. The van der Waals surface area contributed by atoms with Crippen LogP contribution in [0.1, 0.15) is 19.3 Å². The molecular formula is C11H14ClNO2. The van der Waals surface area contributed by atoms with Gasteiger partial charge in [-0.25, -0.2) is 0 Å². The number of phenolic OH excluding ortho intramolecular Hbond substituents is 1. The minimum atomic E-state index is -0.0503. The Hall–Kier alpha value is -1.22. The van der Waals surface area contributed by atoms with Gasteiger partial charge in [-0.1, -0.05) is 6.07 Å². The summed E-state index contributed by atoms with van der Waals surface area (Å²) in [6.45, 7) is 0. The number of carbonyl (C=O) groups excluding carboxylic acids is 1. The number of aromatic hydroxyl groups is 1. The summed E-state index contributed by atoms with van der Waals surface area (Å²) in [5.41, 5.74) is 0.617. The Bertz CT molecular complexity index is 328. The standard InChI is InChI=1S/C11H14ClNO2/c12-7-2-1-6-11(15)13-9-4-3-5-10(14)8-9/h3-5,8,14H,1-2,6-7H2,(H,13,15). The Morgan fingerprint density at radius 3 is 2.87 bits per heavy atom. The van der Waals surface area contributed by atoms with Crippen LogP contribution in [0.25, 0.3) is 0 Å². The third-order valence-corrected chi connectivity index (χ3v) is 2.18. The average Bonchev–Trinajstić information content (AvgIpc) is 2.18. The summed E-state index contributed by atoms with van der Waals surface area (Å²) in [6.07, 6.45) is 2.09. The van der Waals surface area contributed by atoms with Crippen molar-refractivity contribution < 1.29 is 9.90 Å². The Balaban J connectivity index is 2.37. The molecule has 0 bridgehead atoms. The van der Waals surface area contributed by atoms with Gasteiger partial charge in [0.25, 0.3) is 0 Å². The van der Waals surface area contributed by atoms with Gasteiger partial charge in [0.15, 0.2) is 0 Å². The molecule has 0 aliphatic heterocycles. The molecule has 2 N–H and O–H groups in total. The first-order valence-corrected chi connectivity index (χ1v) is 5.40. The van der Waals surface area contributed by atoms with Crippen molar-refractivity contribution in [2.24, 2.45) is 0 Å². The summed E-state index contributed by atoms with van der Waals surface area (Å²) in [6, 6.07) is 6.49. The highest BCUT2D eigenvalue weighted by molar-refractivity contribution is 6.17. The molecule has 0 atom stereocenters. The zero-order valence-electron chi connectivity index (χ0n) is 8.37. The third kappa shape index (κ3) is 4.70. The summed E-state index contributed by atoms with van der Waals surface area (Å²) < 4.78 is 0. The molecule has 1 aromatic rings. The van der Waals surface area contributed by atoms with Crippen LogP contribution in [0.3, 0.4) is 0 Å². The topological polar surface area (TPSA) is 49.3 Å². The minimum Gasteiger partial charge on any atom is -0.508 e. The molecule has 0 fully saturated rings. The monoisotopic (exact) mass is 227 g/mol. The van der Waals surface area contributed by atoms with Gasteiger partial charge in [0.2, 0.25) is 5.91 Å². The fourth-order valence-corrected chi connectivity index (χ4v) is 1.38. The lowest BCUT2D eigenvalue weighted by molar-refractivity contribution is -0.116. The first kappa shape index (κ1) is 11.9. The Morgan fingerprint density at radius 2 is 2.20 bits per heavy atom. The van der Waals surface area contributed by atoms with Gasteiger partial charge in [-0.15, -0.1) is 11.6 Å². The lowest BCUT2D eigenvalue weighted by Crippen LogP contribution is -2.10. The molecule has 3 nitrogen and oxygen atoms in total. The maximum absolute atomic E-state index is 11.4. The minimum absolute atomic E-state index is 0.0503. The second-order valence-corrected chi connectivity index (χ2v) is 3.62. The number of hydrogen-bond acceptors (Lipinski definition) is 2. The number of phenols is 1. The van der Waals surface area contributed by atoms with E-state index in [1.165, 1.54) is 6.07 Å². The molecular weight excluding hydrogens is 214 g/mol. The molecule has 0 aliphatic carbocycles. The van der Waals surface area contributed by atoms with Gasteiger partial charge in [-0.2, -0.15) is 0 Å². The van der Waals surface area contributed by atoms with Crippen LogP contribution in [0.5, 0.6) is 5.75 Å². The predicted molar refractivity (Wildman–Crippen MR) is 61.3 cm³/mol. The van der Waals surface area contributed by atoms with Crippen LogP contribution in [0.15, 0.2) is 24.3 Å². The number of unbranched alkanes of at least 4 members (excludes halogenated alkanes) is 1.